The van der Waals surface area contributed by atoms with E-state index in [1.165, 1.54) is 12.1 Å². The highest BCUT2D eigenvalue weighted by atomic mass is 79.9. The standard InChI is InChI=1S/C12H16BrFN2O/c1-3-16(8-12(17)15-2)7-9-4-10(13)6-11(14)5-9/h4-6H,3,7-8H2,1-2H3,(H,15,17). The predicted octanol–water partition coefficient (Wildman–Crippen LogP) is 2.16. The molecule has 94 valence electrons. The summed E-state index contributed by atoms with van der Waals surface area (Å²) in [6.45, 7) is 3.58. The molecular weight excluding hydrogens is 287 g/mol. The summed E-state index contributed by atoms with van der Waals surface area (Å²) in [6.07, 6.45) is 0. The molecule has 1 aromatic carbocycles. The Morgan fingerprint density at radius 3 is 2.71 bits per heavy atom. The maximum Gasteiger partial charge on any atom is 0.233 e. The molecule has 0 aromatic heterocycles. The number of nitrogens with one attached hydrogen (secondary N) is 1. The summed E-state index contributed by atoms with van der Waals surface area (Å²) in [5, 5.41) is 2.57. The zero-order chi connectivity index (χ0) is 12.8. The molecule has 0 heterocycles. The number of nitrogens with zero attached hydrogens (tertiary/aromatic N) is 1. The lowest BCUT2D eigenvalue weighted by Gasteiger charge is -2.19. The maximum absolute atomic E-state index is 13.2. The molecule has 0 aliphatic rings. The average molecular weight is 303 g/mol. The fraction of sp³-hybridized carbons (Fsp3) is 0.417. The highest BCUT2D eigenvalue weighted by Crippen LogP contribution is 2.16. The van der Waals surface area contributed by atoms with Crippen molar-refractivity contribution in [1.29, 1.82) is 0 Å². The Hall–Kier alpha value is -0.940. The lowest BCUT2D eigenvalue weighted by Crippen LogP contribution is -2.35. The Kier molecular flexibility index (Phi) is 5.58. The van der Waals surface area contributed by atoms with Crippen molar-refractivity contribution in [2.24, 2.45) is 0 Å². The zero-order valence-corrected chi connectivity index (χ0v) is 11.6. The van der Waals surface area contributed by atoms with E-state index in [2.05, 4.69) is 21.2 Å². The van der Waals surface area contributed by atoms with Crippen LogP contribution in [0.3, 0.4) is 0 Å². The molecule has 0 bridgehead atoms. The Balaban J connectivity index is 2.70. The van der Waals surface area contributed by atoms with Gasteiger partial charge in [-0.2, -0.15) is 0 Å². The van der Waals surface area contributed by atoms with E-state index in [-0.39, 0.29) is 11.7 Å². The summed E-state index contributed by atoms with van der Waals surface area (Å²) in [5.41, 5.74) is 0.850. The van der Waals surface area contributed by atoms with Crippen LogP contribution in [0.15, 0.2) is 22.7 Å². The molecule has 0 aliphatic heterocycles. The van der Waals surface area contributed by atoms with Crippen molar-refractivity contribution >= 4 is 21.8 Å². The molecular formula is C12H16BrFN2O. The van der Waals surface area contributed by atoms with Gasteiger partial charge in [0.05, 0.1) is 6.54 Å². The summed E-state index contributed by atoms with van der Waals surface area (Å²) in [6, 6.07) is 4.76. The zero-order valence-electron chi connectivity index (χ0n) is 9.96. The van der Waals surface area contributed by atoms with E-state index in [0.29, 0.717) is 17.6 Å². The van der Waals surface area contributed by atoms with Gasteiger partial charge in [-0.1, -0.05) is 22.9 Å². The lowest BCUT2D eigenvalue weighted by molar-refractivity contribution is -0.121. The number of hydrogen-bond donors (Lipinski definition) is 1. The lowest BCUT2D eigenvalue weighted by atomic mass is 10.2. The minimum atomic E-state index is -0.273. The van der Waals surface area contributed by atoms with Gasteiger partial charge in [-0.3, -0.25) is 9.69 Å². The Morgan fingerprint density at radius 2 is 2.18 bits per heavy atom. The van der Waals surface area contributed by atoms with Gasteiger partial charge < -0.3 is 5.32 Å². The molecule has 1 rings (SSSR count). The normalized spacial score (nSPS) is 10.6. The molecule has 0 fully saturated rings. The van der Waals surface area contributed by atoms with Crippen LogP contribution >= 0.6 is 15.9 Å². The summed E-state index contributed by atoms with van der Waals surface area (Å²) in [7, 11) is 1.61. The topological polar surface area (TPSA) is 32.3 Å². The predicted molar refractivity (Wildman–Crippen MR) is 69.1 cm³/mol. The highest BCUT2D eigenvalue weighted by Gasteiger charge is 2.09. The number of rotatable bonds is 5. The van der Waals surface area contributed by atoms with Gasteiger partial charge in [0.1, 0.15) is 5.82 Å². The van der Waals surface area contributed by atoms with Crippen LogP contribution in [0.2, 0.25) is 0 Å². The number of amides is 1. The van der Waals surface area contributed by atoms with Gasteiger partial charge in [-0.25, -0.2) is 4.39 Å². The summed E-state index contributed by atoms with van der Waals surface area (Å²) in [4.78, 5) is 13.2. The molecule has 0 aliphatic carbocycles. The Labute approximate surface area is 109 Å². The Bertz CT molecular complexity index is 378. The molecule has 0 spiro atoms. The molecule has 0 unspecified atom stereocenters. The average Bonchev–Trinajstić information content (AvgIpc) is 2.26. The third-order valence-electron chi connectivity index (χ3n) is 2.42. The SMILES string of the molecule is CCN(CC(=O)NC)Cc1cc(F)cc(Br)c1. The smallest absolute Gasteiger partial charge is 0.233 e. The monoisotopic (exact) mass is 302 g/mol. The van der Waals surface area contributed by atoms with E-state index in [1.807, 2.05) is 17.9 Å². The van der Waals surface area contributed by atoms with Crippen LogP contribution in [0.25, 0.3) is 0 Å². The van der Waals surface area contributed by atoms with E-state index in [9.17, 15) is 9.18 Å². The van der Waals surface area contributed by atoms with Crippen LogP contribution < -0.4 is 5.32 Å². The first-order valence-corrected chi connectivity index (χ1v) is 6.22. The van der Waals surface area contributed by atoms with E-state index in [4.69, 9.17) is 0 Å². The minimum absolute atomic E-state index is 0.0395. The first kappa shape index (κ1) is 14.1. The van der Waals surface area contributed by atoms with E-state index < -0.39 is 0 Å². The van der Waals surface area contributed by atoms with Crippen LogP contribution in [0, 0.1) is 5.82 Å². The van der Waals surface area contributed by atoms with Crippen molar-refractivity contribution in [2.45, 2.75) is 13.5 Å². The van der Waals surface area contributed by atoms with Gasteiger partial charge in [0.15, 0.2) is 0 Å². The molecule has 0 atom stereocenters. The van der Waals surface area contributed by atoms with Crippen molar-refractivity contribution < 1.29 is 9.18 Å². The van der Waals surface area contributed by atoms with E-state index in [0.717, 1.165) is 12.1 Å². The van der Waals surface area contributed by atoms with Crippen LogP contribution in [0.1, 0.15) is 12.5 Å². The number of likely N-dealkylation sites (N-methyl/N-ethyl adjacent to an activating group) is 2. The second-order valence-electron chi connectivity index (χ2n) is 3.75. The number of hydrogen-bond acceptors (Lipinski definition) is 2. The number of carbonyl (C=O) groups is 1. The van der Waals surface area contributed by atoms with Gasteiger partial charge in [-0.15, -0.1) is 0 Å². The van der Waals surface area contributed by atoms with Crippen molar-refractivity contribution in [3.63, 3.8) is 0 Å². The first-order valence-electron chi connectivity index (χ1n) is 5.43. The van der Waals surface area contributed by atoms with Crippen molar-refractivity contribution in [3.8, 4) is 0 Å². The fourth-order valence-corrected chi connectivity index (χ4v) is 2.03. The van der Waals surface area contributed by atoms with Crippen LogP contribution in [-0.2, 0) is 11.3 Å². The molecule has 0 saturated carbocycles. The van der Waals surface area contributed by atoms with E-state index >= 15 is 0 Å². The van der Waals surface area contributed by atoms with Gasteiger partial charge in [-0.05, 0) is 30.3 Å². The second-order valence-corrected chi connectivity index (χ2v) is 4.67. The van der Waals surface area contributed by atoms with Crippen LogP contribution in [0.5, 0.6) is 0 Å². The first-order chi connectivity index (χ1) is 8.05. The Morgan fingerprint density at radius 1 is 1.47 bits per heavy atom. The molecule has 0 radical (unpaired) electrons. The third kappa shape index (κ3) is 4.83. The van der Waals surface area contributed by atoms with Crippen molar-refractivity contribution in [3.05, 3.63) is 34.1 Å². The third-order valence-corrected chi connectivity index (χ3v) is 2.88. The van der Waals surface area contributed by atoms with Crippen molar-refractivity contribution in [2.75, 3.05) is 20.1 Å². The molecule has 17 heavy (non-hydrogen) atoms. The summed E-state index contributed by atoms with van der Waals surface area (Å²) >= 11 is 3.25. The molecule has 1 amide bonds. The number of benzene rings is 1. The maximum atomic E-state index is 13.2. The molecule has 0 saturated heterocycles. The largest absolute Gasteiger partial charge is 0.358 e. The molecule has 5 heteroatoms. The minimum Gasteiger partial charge on any atom is -0.358 e. The van der Waals surface area contributed by atoms with Crippen molar-refractivity contribution in [1.82, 2.24) is 10.2 Å². The molecule has 3 nitrogen and oxygen atoms in total. The number of carbonyl (C=O) groups excluding carboxylic acids is 1. The summed E-state index contributed by atoms with van der Waals surface area (Å²) in [5.74, 6) is -0.312. The fourth-order valence-electron chi connectivity index (χ4n) is 1.52. The van der Waals surface area contributed by atoms with Crippen LogP contribution in [0.4, 0.5) is 4.39 Å². The van der Waals surface area contributed by atoms with E-state index in [1.54, 1.807) is 7.05 Å². The highest BCUT2D eigenvalue weighted by molar-refractivity contribution is 9.10. The molecule has 1 N–H and O–H groups in total. The number of halogens is 2. The quantitative estimate of drug-likeness (QED) is 0.904. The van der Waals surface area contributed by atoms with Gasteiger partial charge in [0.2, 0.25) is 5.91 Å². The summed E-state index contributed by atoms with van der Waals surface area (Å²) < 4.78 is 13.9. The second kappa shape index (κ2) is 6.71. The van der Waals surface area contributed by atoms with Crippen LogP contribution in [-0.4, -0.2) is 30.9 Å². The van der Waals surface area contributed by atoms with Gasteiger partial charge in [0.25, 0.3) is 0 Å². The van der Waals surface area contributed by atoms with Gasteiger partial charge >= 0.3 is 0 Å². The van der Waals surface area contributed by atoms with Gasteiger partial charge in [0, 0.05) is 18.1 Å². The molecule has 1 aromatic rings.